The highest BCUT2D eigenvalue weighted by Crippen LogP contribution is 2.26. The molecule has 2 saturated heterocycles. The van der Waals surface area contributed by atoms with Crippen molar-refractivity contribution in [3.63, 3.8) is 0 Å². The van der Waals surface area contributed by atoms with Crippen LogP contribution < -0.4 is 15.4 Å². The minimum Gasteiger partial charge on any atom is -0.497 e. The summed E-state index contributed by atoms with van der Waals surface area (Å²) >= 11 is 0. The predicted molar refractivity (Wildman–Crippen MR) is 155 cm³/mol. The third-order valence-corrected chi connectivity index (χ3v) is 7.82. The molecule has 5 rings (SSSR count). The molecule has 2 N–H and O–H groups in total. The Morgan fingerprint density at radius 3 is 2.30 bits per heavy atom. The molecule has 3 aromatic rings. The summed E-state index contributed by atoms with van der Waals surface area (Å²) in [5.74, 6) is 0.614. The standard InChI is InChI=1S/C32H36N4O4/c1-40-28-10-5-7-23(21-28)22-33-30(37)26-16-19-35(20-17-26)31(38)29-11-6-18-36(29)32(39)34-27-14-12-25(13-15-27)24-8-3-2-4-9-24/h2-5,7-10,12-15,21,26,29H,6,11,16-20,22H2,1H3,(H,33,37)(H,34,39)/t29-/m0/s1. The highest BCUT2D eigenvalue weighted by molar-refractivity contribution is 5.94. The summed E-state index contributed by atoms with van der Waals surface area (Å²) in [7, 11) is 1.62. The zero-order valence-corrected chi connectivity index (χ0v) is 22.8. The molecule has 4 amide bonds. The monoisotopic (exact) mass is 540 g/mol. The number of rotatable bonds is 7. The number of ether oxygens (including phenoxy) is 1. The fourth-order valence-electron chi connectivity index (χ4n) is 5.53. The van der Waals surface area contributed by atoms with Crippen LogP contribution in [0.2, 0.25) is 0 Å². The Hall–Kier alpha value is -4.33. The first-order valence-electron chi connectivity index (χ1n) is 13.9. The number of anilines is 1. The number of hydrogen-bond donors (Lipinski definition) is 2. The number of nitrogens with zero attached hydrogens (tertiary/aromatic N) is 2. The fraction of sp³-hybridized carbons (Fsp3) is 0.344. The Bertz CT molecular complexity index is 1320. The lowest BCUT2D eigenvalue weighted by Gasteiger charge is -2.35. The normalized spacial score (nSPS) is 17.4. The van der Waals surface area contributed by atoms with Gasteiger partial charge < -0.3 is 25.2 Å². The second kappa shape index (κ2) is 12.7. The van der Waals surface area contributed by atoms with E-state index < -0.39 is 6.04 Å². The van der Waals surface area contributed by atoms with E-state index in [9.17, 15) is 14.4 Å². The van der Waals surface area contributed by atoms with Gasteiger partial charge in [0.2, 0.25) is 11.8 Å². The zero-order chi connectivity index (χ0) is 27.9. The number of nitrogens with one attached hydrogen (secondary N) is 2. The SMILES string of the molecule is COc1cccc(CNC(=O)C2CCN(C(=O)[C@@H]3CCCN3C(=O)Nc3ccc(-c4ccccc4)cc3)CC2)c1. The fourth-order valence-corrected chi connectivity index (χ4v) is 5.53. The summed E-state index contributed by atoms with van der Waals surface area (Å²) in [6.07, 6.45) is 2.67. The van der Waals surface area contributed by atoms with Crippen LogP contribution in [0.3, 0.4) is 0 Å². The van der Waals surface area contributed by atoms with Crippen molar-refractivity contribution >= 4 is 23.5 Å². The van der Waals surface area contributed by atoms with Crippen LogP contribution in [-0.4, -0.2) is 60.4 Å². The van der Waals surface area contributed by atoms with Gasteiger partial charge in [0.1, 0.15) is 11.8 Å². The number of likely N-dealkylation sites (tertiary alicyclic amines) is 2. The van der Waals surface area contributed by atoms with Crippen LogP contribution in [0.25, 0.3) is 11.1 Å². The number of urea groups is 1. The molecule has 2 aliphatic heterocycles. The van der Waals surface area contributed by atoms with Gasteiger partial charge in [-0.1, -0.05) is 54.6 Å². The maximum atomic E-state index is 13.4. The van der Waals surface area contributed by atoms with Crippen molar-refractivity contribution in [1.82, 2.24) is 15.1 Å². The molecule has 0 saturated carbocycles. The van der Waals surface area contributed by atoms with E-state index in [-0.39, 0.29) is 23.8 Å². The van der Waals surface area contributed by atoms with Crippen LogP contribution in [0.5, 0.6) is 5.75 Å². The van der Waals surface area contributed by atoms with Crippen molar-refractivity contribution in [2.24, 2.45) is 5.92 Å². The second-order valence-electron chi connectivity index (χ2n) is 10.4. The van der Waals surface area contributed by atoms with E-state index in [1.54, 1.807) is 12.0 Å². The molecule has 40 heavy (non-hydrogen) atoms. The second-order valence-corrected chi connectivity index (χ2v) is 10.4. The first kappa shape index (κ1) is 27.2. The molecule has 3 aromatic carbocycles. The van der Waals surface area contributed by atoms with Gasteiger partial charge in [-0.15, -0.1) is 0 Å². The summed E-state index contributed by atoms with van der Waals surface area (Å²) in [5, 5.41) is 5.98. The highest BCUT2D eigenvalue weighted by atomic mass is 16.5. The van der Waals surface area contributed by atoms with Crippen LogP contribution in [0.1, 0.15) is 31.2 Å². The number of hydrogen-bond acceptors (Lipinski definition) is 4. The van der Waals surface area contributed by atoms with Gasteiger partial charge in [0.25, 0.3) is 0 Å². The largest absolute Gasteiger partial charge is 0.497 e. The van der Waals surface area contributed by atoms with Crippen LogP contribution in [0, 0.1) is 5.92 Å². The number of carbonyl (C=O) groups excluding carboxylic acids is 3. The van der Waals surface area contributed by atoms with Crippen molar-refractivity contribution < 1.29 is 19.1 Å². The van der Waals surface area contributed by atoms with E-state index in [0.717, 1.165) is 28.9 Å². The van der Waals surface area contributed by atoms with Crippen molar-refractivity contribution in [2.45, 2.75) is 38.3 Å². The lowest BCUT2D eigenvalue weighted by molar-refractivity contribution is -0.138. The third-order valence-electron chi connectivity index (χ3n) is 7.82. The number of piperidine rings is 1. The van der Waals surface area contributed by atoms with Gasteiger partial charge >= 0.3 is 6.03 Å². The molecule has 0 aliphatic carbocycles. The molecule has 2 heterocycles. The Morgan fingerprint density at radius 2 is 1.57 bits per heavy atom. The first-order chi connectivity index (χ1) is 19.5. The Balaban J connectivity index is 1.11. The number of benzene rings is 3. The Kier molecular flexibility index (Phi) is 8.64. The van der Waals surface area contributed by atoms with Crippen LogP contribution in [0.15, 0.2) is 78.9 Å². The van der Waals surface area contributed by atoms with Crippen molar-refractivity contribution in [3.05, 3.63) is 84.4 Å². The molecule has 0 bridgehead atoms. The van der Waals surface area contributed by atoms with Crippen LogP contribution in [-0.2, 0) is 16.1 Å². The molecule has 0 radical (unpaired) electrons. The van der Waals surface area contributed by atoms with Gasteiger partial charge in [-0.25, -0.2) is 4.79 Å². The average molecular weight is 541 g/mol. The highest BCUT2D eigenvalue weighted by Gasteiger charge is 2.38. The van der Waals surface area contributed by atoms with Crippen molar-refractivity contribution in [2.75, 3.05) is 32.1 Å². The van der Waals surface area contributed by atoms with Gasteiger partial charge in [0, 0.05) is 37.8 Å². The van der Waals surface area contributed by atoms with Gasteiger partial charge in [0.05, 0.1) is 7.11 Å². The summed E-state index contributed by atoms with van der Waals surface area (Å²) < 4.78 is 5.25. The lowest BCUT2D eigenvalue weighted by Crippen LogP contribution is -2.51. The number of methoxy groups -OCH3 is 1. The number of carbonyl (C=O) groups is 3. The maximum Gasteiger partial charge on any atom is 0.322 e. The zero-order valence-electron chi connectivity index (χ0n) is 22.8. The van der Waals surface area contributed by atoms with Crippen LogP contribution in [0.4, 0.5) is 10.5 Å². The molecule has 1 atom stereocenters. The molecular formula is C32H36N4O4. The van der Waals surface area contributed by atoms with E-state index in [2.05, 4.69) is 10.6 Å². The Labute approximate surface area is 235 Å². The van der Waals surface area contributed by atoms with E-state index in [4.69, 9.17) is 4.74 Å². The molecule has 0 aromatic heterocycles. The average Bonchev–Trinajstić information content (AvgIpc) is 3.51. The van der Waals surface area contributed by atoms with Gasteiger partial charge in [-0.2, -0.15) is 0 Å². The molecule has 8 nitrogen and oxygen atoms in total. The molecule has 0 unspecified atom stereocenters. The smallest absolute Gasteiger partial charge is 0.322 e. The number of amides is 4. The van der Waals surface area contributed by atoms with Crippen molar-refractivity contribution in [1.29, 1.82) is 0 Å². The van der Waals surface area contributed by atoms with Crippen LogP contribution >= 0.6 is 0 Å². The maximum absolute atomic E-state index is 13.4. The molecule has 0 spiro atoms. The van der Waals surface area contributed by atoms with Gasteiger partial charge in [0.15, 0.2) is 0 Å². The summed E-state index contributed by atoms with van der Waals surface area (Å²) in [5.41, 5.74) is 3.87. The quantitative estimate of drug-likeness (QED) is 0.445. The molecule has 2 aliphatic rings. The minimum atomic E-state index is -0.470. The van der Waals surface area contributed by atoms with E-state index in [1.165, 1.54) is 0 Å². The third kappa shape index (κ3) is 6.45. The van der Waals surface area contributed by atoms with Gasteiger partial charge in [-0.05, 0) is 66.6 Å². The lowest BCUT2D eigenvalue weighted by atomic mass is 9.95. The predicted octanol–water partition coefficient (Wildman–Crippen LogP) is 4.91. The van der Waals surface area contributed by atoms with E-state index in [0.29, 0.717) is 51.1 Å². The van der Waals surface area contributed by atoms with E-state index >= 15 is 0 Å². The van der Waals surface area contributed by atoms with Crippen molar-refractivity contribution in [3.8, 4) is 16.9 Å². The molecule has 2 fully saturated rings. The first-order valence-corrected chi connectivity index (χ1v) is 13.9. The topological polar surface area (TPSA) is 91.0 Å². The molecule has 208 valence electrons. The summed E-state index contributed by atoms with van der Waals surface area (Å²) in [4.78, 5) is 42.8. The van der Waals surface area contributed by atoms with E-state index in [1.807, 2.05) is 83.8 Å². The summed E-state index contributed by atoms with van der Waals surface area (Å²) in [6.45, 7) is 2.02. The summed E-state index contributed by atoms with van der Waals surface area (Å²) in [6, 6.07) is 24.7. The Morgan fingerprint density at radius 1 is 0.850 bits per heavy atom. The minimum absolute atomic E-state index is 0.00933. The van der Waals surface area contributed by atoms with Gasteiger partial charge in [-0.3, -0.25) is 9.59 Å². The molecular weight excluding hydrogens is 504 g/mol. The molecule has 8 heteroatoms.